The normalized spacial score (nSPS) is 23.2. The third-order valence-electron chi connectivity index (χ3n) is 2.07. The van der Waals surface area contributed by atoms with E-state index in [0.29, 0.717) is 6.54 Å². The molecule has 13 heavy (non-hydrogen) atoms. The summed E-state index contributed by atoms with van der Waals surface area (Å²) in [6, 6.07) is 1.37. The monoisotopic (exact) mass is 203 g/mol. The van der Waals surface area contributed by atoms with E-state index >= 15 is 0 Å². The first-order valence-corrected chi connectivity index (χ1v) is 4.12. The van der Waals surface area contributed by atoms with Crippen LogP contribution in [0.4, 0.5) is 0 Å². The summed E-state index contributed by atoms with van der Waals surface area (Å²) in [7, 11) is 0. The molecule has 1 saturated heterocycles. The van der Waals surface area contributed by atoms with Gasteiger partial charge in [-0.05, 0) is 19.8 Å². The molecule has 0 bridgehead atoms. The Bertz CT molecular complexity index is 224. The minimum Gasteiger partial charge on any atom is -0.325 e. The lowest BCUT2D eigenvalue weighted by molar-refractivity contribution is -0.132. The maximum Gasteiger partial charge on any atom is 0.240 e. The van der Waals surface area contributed by atoms with Crippen molar-refractivity contribution >= 4 is 18.3 Å². The van der Waals surface area contributed by atoms with Gasteiger partial charge in [0, 0.05) is 6.54 Å². The second-order valence-electron chi connectivity index (χ2n) is 3.11. The van der Waals surface area contributed by atoms with Crippen LogP contribution in [0.3, 0.4) is 0 Å². The zero-order valence-electron chi connectivity index (χ0n) is 7.56. The van der Waals surface area contributed by atoms with Crippen molar-refractivity contribution in [2.24, 2.45) is 5.73 Å². The fraction of sp³-hybridized carbons (Fsp3) is 0.750. The van der Waals surface area contributed by atoms with E-state index < -0.39 is 6.04 Å². The van der Waals surface area contributed by atoms with Crippen molar-refractivity contribution in [2.75, 3.05) is 6.54 Å². The highest BCUT2D eigenvalue weighted by Gasteiger charge is 2.29. The zero-order chi connectivity index (χ0) is 9.14. The third-order valence-corrected chi connectivity index (χ3v) is 2.07. The fourth-order valence-corrected chi connectivity index (χ4v) is 1.43. The first kappa shape index (κ1) is 12.2. The van der Waals surface area contributed by atoms with Gasteiger partial charge >= 0.3 is 0 Å². The van der Waals surface area contributed by atoms with Crippen molar-refractivity contribution in [1.82, 2.24) is 4.90 Å². The molecule has 1 aliphatic rings. The molecule has 1 fully saturated rings. The molecule has 0 aromatic heterocycles. The van der Waals surface area contributed by atoms with Crippen LogP contribution >= 0.6 is 12.4 Å². The summed E-state index contributed by atoms with van der Waals surface area (Å²) in [6.45, 7) is 2.33. The molecule has 2 N–H and O–H groups in total. The van der Waals surface area contributed by atoms with Gasteiger partial charge in [0.25, 0.3) is 0 Å². The standard InChI is InChI=1S/C8H13N3O.ClH/c1-6(10)8(12)11-4-2-3-7(11)5-9;/h6-7H,2-4,10H2,1H3;1H/t6-,7-;/m0./s1. The second kappa shape index (κ2) is 5.05. The minimum atomic E-state index is -0.487. The quantitative estimate of drug-likeness (QED) is 0.665. The maximum absolute atomic E-state index is 11.4. The van der Waals surface area contributed by atoms with Crippen LogP contribution in [0, 0.1) is 11.3 Å². The lowest BCUT2D eigenvalue weighted by Crippen LogP contribution is -2.44. The predicted octanol–water partition coefficient (Wildman–Crippen LogP) is 0.270. The Balaban J connectivity index is 0.00000144. The number of hydrogen-bond donors (Lipinski definition) is 1. The Morgan fingerprint density at radius 2 is 2.38 bits per heavy atom. The van der Waals surface area contributed by atoms with Gasteiger partial charge in [0.2, 0.25) is 5.91 Å². The summed E-state index contributed by atoms with van der Waals surface area (Å²) in [4.78, 5) is 12.9. The number of carbonyl (C=O) groups is 1. The number of rotatable bonds is 1. The lowest BCUT2D eigenvalue weighted by atomic mass is 10.2. The van der Waals surface area contributed by atoms with Gasteiger partial charge in [0.1, 0.15) is 6.04 Å². The highest BCUT2D eigenvalue weighted by atomic mass is 35.5. The van der Waals surface area contributed by atoms with Crippen LogP contribution in [0.2, 0.25) is 0 Å². The van der Waals surface area contributed by atoms with E-state index in [9.17, 15) is 4.79 Å². The Kier molecular flexibility index (Phi) is 4.74. The van der Waals surface area contributed by atoms with Gasteiger partial charge in [0.15, 0.2) is 0 Å². The summed E-state index contributed by atoms with van der Waals surface area (Å²) >= 11 is 0. The first-order valence-electron chi connectivity index (χ1n) is 4.12. The van der Waals surface area contributed by atoms with Crippen molar-refractivity contribution in [2.45, 2.75) is 31.8 Å². The van der Waals surface area contributed by atoms with Gasteiger partial charge < -0.3 is 10.6 Å². The van der Waals surface area contributed by atoms with Gasteiger partial charge in [-0.25, -0.2) is 0 Å². The van der Waals surface area contributed by atoms with Crippen LogP contribution < -0.4 is 5.73 Å². The highest BCUT2D eigenvalue weighted by molar-refractivity contribution is 5.85. The van der Waals surface area contributed by atoms with E-state index in [1.165, 1.54) is 0 Å². The Morgan fingerprint density at radius 1 is 1.77 bits per heavy atom. The lowest BCUT2D eigenvalue weighted by Gasteiger charge is -2.21. The van der Waals surface area contributed by atoms with E-state index in [-0.39, 0.29) is 24.4 Å². The van der Waals surface area contributed by atoms with Gasteiger partial charge in [-0.2, -0.15) is 5.26 Å². The average molecular weight is 204 g/mol. The molecule has 74 valence electrons. The fourth-order valence-electron chi connectivity index (χ4n) is 1.43. The number of carbonyl (C=O) groups excluding carboxylic acids is 1. The van der Waals surface area contributed by atoms with Gasteiger partial charge in [-0.15, -0.1) is 12.4 Å². The molecule has 0 aromatic rings. The van der Waals surface area contributed by atoms with E-state index in [4.69, 9.17) is 11.0 Å². The van der Waals surface area contributed by atoms with Crippen LogP contribution in [-0.4, -0.2) is 29.4 Å². The van der Waals surface area contributed by atoms with Gasteiger partial charge in [-0.1, -0.05) is 0 Å². The minimum absolute atomic E-state index is 0. The van der Waals surface area contributed by atoms with Crippen LogP contribution in [0.25, 0.3) is 0 Å². The van der Waals surface area contributed by atoms with Crippen molar-refractivity contribution in [3.63, 3.8) is 0 Å². The Hall–Kier alpha value is -0.790. The van der Waals surface area contributed by atoms with Crippen molar-refractivity contribution in [3.05, 3.63) is 0 Å². The molecule has 2 atom stereocenters. The van der Waals surface area contributed by atoms with Crippen molar-refractivity contribution in [3.8, 4) is 6.07 Å². The average Bonchev–Trinajstić information content (AvgIpc) is 2.49. The van der Waals surface area contributed by atoms with Crippen LogP contribution in [0.15, 0.2) is 0 Å². The third kappa shape index (κ3) is 2.58. The first-order chi connectivity index (χ1) is 5.66. The molecular weight excluding hydrogens is 190 g/mol. The van der Waals surface area contributed by atoms with E-state index in [2.05, 4.69) is 6.07 Å². The second-order valence-corrected chi connectivity index (χ2v) is 3.11. The SMILES string of the molecule is C[C@H](N)C(=O)N1CCC[C@H]1C#N.Cl. The Labute approximate surface area is 84.1 Å². The van der Waals surface area contributed by atoms with Gasteiger partial charge in [0.05, 0.1) is 12.1 Å². The van der Waals surface area contributed by atoms with Crippen LogP contribution in [0.5, 0.6) is 0 Å². The summed E-state index contributed by atoms with van der Waals surface area (Å²) in [5.41, 5.74) is 5.43. The largest absolute Gasteiger partial charge is 0.325 e. The number of nitriles is 1. The number of amides is 1. The summed E-state index contributed by atoms with van der Waals surface area (Å²) in [5.74, 6) is -0.112. The summed E-state index contributed by atoms with van der Waals surface area (Å²) in [5, 5.41) is 8.68. The smallest absolute Gasteiger partial charge is 0.240 e. The number of nitrogens with zero attached hydrogens (tertiary/aromatic N) is 2. The van der Waals surface area contributed by atoms with Crippen LogP contribution in [0.1, 0.15) is 19.8 Å². The molecule has 1 heterocycles. The maximum atomic E-state index is 11.4. The number of halogens is 1. The molecule has 4 nitrogen and oxygen atoms in total. The Morgan fingerprint density at radius 3 is 2.85 bits per heavy atom. The summed E-state index contributed by atoms with van der Waals surface area (Å²) < 4.78 is 0. The van der Waals surface area contributed by atoms with Crippen molar-refractivity contribution < 1.29 is 4.79 Å². The molecule has 0 aliphatic carbocycles. The van der Waals surface area contributed by atoms with Gasteiger partial charge in [-0.3, -0.25) is 4.79 Å². The molecule has 0 radical (unpaired) electrons. The number of nitrogens with two attached hydrogens (primary N) is 1. The topological polar surface area (TPSA) is 70.1 Å². The molecule has 0 saturated carbocycles. The highest BCUT2D eigenvalue weighted by Crippen LogP contribution is 2.16. The molecule has 1 aliphatic heterocycles. The van der Waals surface area contributed by atoms with Crippen LogP contribution in [-0.2, 0) is 4.79 Å². The molecule has 1 amide bonds. The predicted molar refractivity (Wildman–Crippen MR) is 51.2 cm³/mol. The zero-order valence-corrected chi connectivity index (χ0v) is 8.38. The van der Waals surface area contributed by atoms with Crippen molar-refractivity contribution in [1.29, 1.82) is 5.26 Å². The van der Waals surface area contributed by atoms with E-state index in [1.807, 2.05) is 0 Å². The molecule has 0 aromatic carbocycles. The molecule has 0 spiro atoms. The van der Waals surface area contributed by atoms with E-state index in [1.54, 1.807) is 11.8 Å². The molecular formula is C8H14ClN3O. The molecule has 5 heteroatoms. The molecule has 1 rings (SSSR count). The van der Waals surface area contributed by atoms with E-state index in [0.717, 1.165) is 12.8 Å². The number of hydrogen-bond acceptors (Lipinski definition) is 3. The molecule has 0 unspecified atom stereocenters. The summed E-state index contributed by atoms with van der Waals surface area (Å²) in [6.07, 6.45) is 1.70. The number of likely N-dealkylation sites (tertiary alicyclic amines) is 1.